The first kappa shape index (κ1) is 29.0. The van der Waals surface area contributed by atoms with Gasteiger partial charge in [0.25, 0.3) is 0 Å². The SMILES string of the molecule is c1ccc2c(c1)sc1ccc3ccc4cc(-n5c6ccccc6c6cc(-c7ccc(-n8c9ccccc9c9ccccc98)cc7)ccc65)ccc4c3c12. The molecule has 0 fully saturated rings. The monoisotopic (exact) mass is 690 g/mol. The molecule has 0 atom stereocenters. The molecular formula is C50H30N2S. The Morgan fingerprint density at radius 3 is 1.58 bits per heavy atom. The summed E-state index contributed by atoms with van der Waals surface area (Å²) >= 11 is 1.88. The van der Waals surface area contributed by atoms with Gasteiger partial charge in [-0.2, -0.15) is 0 Å². The maximum atomic E-state index is 2.43. The topological polar surface area (TPSA) is 9.86 Å². The Morgan fingerprint density at radius 2 is 0.849 bits per heavy atom. The molecule has 0 aliphatic rings. The number of aromatic nitrogens is 2. The van der Waals surface area contributed by atoms with Gasteiger partial charge in [-0.1, -0.05) is 115 Å². The van der Waals surface area contributed by atoms with Crippen LogP contribution in [0.2, 0.25) is 0 Å². The highest BCUT2D eigenvalue weighted by molar-refractivity contribution is 7.26. The molecule has 2 nitrogen and oxygen atoms in total. The van der Waals surface area contributed by atoms with Crippen LogP contribution < -0.4 is 0 Å². The number of hydrogen-bond acceptors (Lipinski definition) is 1. The van der Waals surface area contributed by atoms with Crippen molar-refractivity contribution >= 4 is 96.7 Å². The molecule has 3 aromatic heterocycles. The van der Waals surface area contributed by atoms with Crippen molar-refractivity contribution in [2.24, 2.45) is 0 Å². The maximum absolute atomic E-state index is 2.43. The fraction of sp³-hybridized carbons (Fsp3) is 0. The van der Waals surface area contributed by atoms with Gasteiger partial charge < -0.3 is 9.13 Å². The van der Waals surface area contributed by atoms with Crippen LogP contribution in [0.25, 0.3) is 108 Å². The van der Waals surface area contributed by atoms with Gasteiger partial charge in [-0.25, -0.2) is 0 Å². The van der Waals surface area contributed by atoms with Gasteiger partial charge in [0.05, 0.1) is 22.1 Å². The summed E-state index contributed by atoms with van der Waals surface area (Å²) in [7, 11) is 0. The Hall–Kier alpha value is -6.68. The lowest BCUT2D eigenvalue weighted by Crippen LogP contribution is -1.94. The van der Waals surface area contributed by atoms with Gasteiger partial charge in [-0.3, -0.25) is 0 Å². The molecule has 0 bridgehead atoms. The van der Waals surface area contributed by atoms with Crippen LogP contribution in [0.15, 0.2) is 182 Å². The van der Waals surface area contributed by atoms with Crippen molar-refractivity contribution in [3.05, 3.63) is 182 Å². The second-order valence-electron chi connectivity index (χ2n) is 14.1. The average molecular weight is 691 g/mol. The van der Waals surface area contributed by atoms with Crippen LogP contribution in [-0.4, -0.2) is 9.13 Å². The lowest BCUT2D eigenvalue weighted by molar-refractivity contribution is 1.18. The lowest BCUT2D eigenvalue weighted by Gasteiger charge is -2.12. The number of fused-ring (bicyclic) bond motifs is 13. The van der Waals surface area contributed by atoms with Crippen molar-refractivity contribution in [1.29, 1.82) is 0 Å². The molecule has 0 spiro atoms. The smallest absolute Gasteiger partial charge is 0.0541 e. The van der Waals surface area contributed by atoms with Gasteiger partial charge in [-0.05, 0) is 99.4 Å². The standard InChI is InChI=1S/C50H30N2S/c1-5-13-43-38(9-1)39-10-2-6-14-44(39)51(43)35-23-19-31(20-24-35)33-21-27-46-42(30-33)40-11-3-7-15-45(40)52(46)36-25-26-37-34(29-36)18-17-32-22-28-48-50(49(32)37)41-12-4-8-16-47(41)53-48/h1-30H. The molecule has 53 heavy (non-hydrogen) atoms. The van der Waals surface area contributed by atoms with E-state index in [-0.39, 0.29) is 0 Å². The van der Waals surface area contributed by atoms with Crippen LogP contribution in [0.5, 0.6) is 0 Å². The minimum atomic E-state index is 1.17. The fourth-order valence-electron chi connectivity index (χ4n) is 8.93. The molecule has 0 N–H and O–H groups in total. The first-order valence-corrected chi connectivity index (χ1v) is 19.0. The number of para-hydroxylation sites is 3. The van der Waals surface area contributed by atoms with Crippen LogP contribution in [0, 0.1) is 0 Å². The molecule has 0 amide bonds. The second-order valence-corrected chi connectivity index (χ2v) is 15.2. The summed E-state index contributed by atoms with van der Waals surface area (Å²) in [4.78, 5) is 0. The third-order valence-corrected chi connectivity index (χ3v) is 12.4. The molecule has 0 aliphatic heterocycles. The maximum Gasteiger partial charge on any atom is 0.0541 e. The van der Waals surface area contributed by atoms with Crippen molar-refractivity contribution in [1.82, 2.24) is 9.13 Å². The zero-order chi connectivity index (χ0) is 34.6. The molecule has 0 unspecified atom stereocenters. The molecule has 12 rings (SSSR count). The van der Waals surface area contributed by atoms with E-state index in [1.54, 1.807) is 0 Å². The summed E-state index contributed by atoms with van der Waals surface area (Å²) in [5.74, 6) is 0. The van der Waals surface area contributed by atoms with Gasteiger partial charge >= 0.3 is 0 Å². The van der Waals surface area contributed by atoms with Crippen molar-refractivity contribution in [2.45, 2.75) is 0 Å². The average Bonchev–Trinajstić information content (AvgIpc) is 3.88. The van der Waals surface area contributed by atoms with E-state index < -0.39 is 0 Å². The van der Waals surface area contributed by atoms with E-state index in [2.05, 4.69) is 191 Å². The number of benzene rings is 9. The summed E-state index contributed by atoms with van der Waals surface area (Å²) in [6.07, 6.45) is 0. The number of thiophene rings is 1. The van der Waals surface area contributed by atoms with Crippen molar-refractivity contribution in [3.8, 4) is 22.5 Å². The molecule has 9 aromatic carbocycles. The fourth-order valence-corrected chi connectivity index (χ4v) is 10.0. The van der Waals surface area contributed by atoms with Gasteiger partial charge in [0.2, 0.25) is 0 Å². The van der Waals surface area contributed by atoms with Crippen LogP contribution in [-0.2, 0) is 0 Å². The van der Waals surface area contributed by atoms with E-state index in [0.717, 1.165) is 0 Å². The largest absolute Gasteiger partial charge is 0.309 e. The predicted octanol–water partition coefficient (Wildman–Crippen LogP) is 14.2. The molecule has 0 aliphatic carbocycles. The van der Waals surface area contributed by atoms with E-state index in [1.807, 2.05) is 11.3 Å². The molecule has 0 saturated heterocycles. The molecule has 3 heterocycles. The van der Waals surface area contributed by atoms with Crippen LogP contribution in [0.1, 0.15) is 0 Å². The van der Waals surface area contributed by atoms with Crippen LogP contribution >= 0.6 is 11.3 Å². The van der Waals surface area contributed by atoms with Crippen LogP contribution in [0.4, 0.5) is 0 Å². The molecule has 12 aromatic rings. The summed E-state index contributed by atoms with van der Waals surface area (Å²) in [5.41, 5.74) is 9.64. The highest BCUT2D eigenvalue weighted by Crippen LogP contribution is 2.42. The van der Waals surface area contributed by atoms with Gasteiger partial charge in [-0.15, -0.1) is 11.3 Å². The Balaban J connectivity index is 0.996. The van der Waals surface area contributed by atoms with E-state index in [0.29, 0.717) is 0 Å². The number of hydrogen-bond donors (Lipinski definition) is 0. The molecular weight excluding hydrogens is 661 g/mol. The third-order valence-electron chi connectivity index (χ3n) is 11.3. The summed E-state index contributed by atoms with van der Waals surface area (Å²) in [5, 5.41) is 13.0. The van der Waals surface area contributed by atoms with Gasteiger partial charge in [0, 0.05) is 53.1 Å². The number of nitrogens with zero attached hydrogens (tertiary/aromatic N) is 2. The Kier molecular flexibility index (Phi) is 5.96. The zero-order valence-electron chi connectivity index (χ0n) is 28.6. The summed E-state index contributed by atoms with van der Waals surface area (Å²) < 4.78 is 7.49. The molecule has 3 heteroatoms. The Bertz CT molecular complexity index is 3400. The summed E-state index contributed by atoms with van der Waals surface area (Å²) in [6, 6.07) is 67.2. The predicted molar refractivity (Wildman–Crippen MR) is 228 cm³/mol. The first-order valence-electron chi connectivity index (χ1n) is 18.2. The third kappa shape index (κ3) is 4.14. The van der Waals surface area contributed by atoms with E-state index in [4.69, 9.17) is 0 Å². The number of rotatable bonds is 3. The highest BCUT2D eigenvalue weighted by atomic mass is 32.1. The van der Waals surface area contributed by atoms with E-state index >= 15 is 0 Å². The molecule has 246 valence electrons. The van der Waals surface area contributed by atoms with Crippen LogP contribution in [0.3, 0.4) is 0 Å². The second kappa shape index (κ2) is 10.9. The minimum absolute atomic E-state index is 1.17. The normalized spacial score (nSPS) is 12.2. The Morgan fingerprint density at radius 1 is 0.302 bits per heavy atom. The highest BCUT2D eigenvalue weighted by Gasteiger charge is 2.17. The molecule has 0 radical (unpaired) electrons. The summed E-state index contributed by atoms with van der Waals surface area (Å²) in [6.45, 7) is 0. The van der Waals surface area contributed by atoms with Gasteiger partial charge in [0.15, 0.2) is 0 Å². The van der Waals surface area contributed by atoms with E-state index in [9.17, 15) is 0 Å². The molecule has 0 saturated carbocycles. The Labute approximate surface area is 309 Å². The minimum Gasteiger partial charge on any atom is -0.309 e. The van der Waals surface area contributed by atoms with E-state index in [1.165, 1.54) is 108 Å². The zero-order valence-corrected chi connectivity index (χ0v) is 29.4. The van der Waals surface area contributed by atoms with Crippen molar-refractivity contribution in [2.75, 3.05) is 0 Å². The first-order chi connectivity index (χ1) is 26.3. The van der Waals surface area contributed by atoms with Crippen molar-refractivity contribution in [3.63, 3.8) is 0 Å². The van der Waals surface area contributed by atoms with Crippen molar-refractivity contribution < 1.29 is 0 Å². The lowest BCUT2D eigenvalue weighted by atomic mass is 9.97. The van der Waals surface area contributed by atoms with Gasteiger partial charge in [0.1, 0.15) is 0 Å². The quantitative estimate of drug-likeness (QED) is 0.163.